The number of H-pyrrole nitrogens is 1. The zero-order valence-electron chi connectivity index (χ0n) is 16.3. The second-order valence-electron chi connectivity index (χ2n) is 7.86. The molecule has 1 aliphatic heterocycles. The van der Waals surface area contributed by atoms with E-state index in [4.69, 9.17) is 5.73 Å². The lowest BCUT2D eigenvalue weighted by Crippen LogP contribution is -2.31. The summed E-state index contributed by atoms with van der Waals surface area (Å²) in [5, 5.41) is 0. The van der Waals surface area contributed by atoms with Crippen molar-refractivity contribution < 1.29 is 4.79 Å². The Bertz CT molecular complexity index is 997. The van der Waals surface area contributed by atoms with Gasteiger partial charge in [0.1, 0.15) is 0 Å². The lowest BCUT2D eigenvalue weighted by molar-refractivity contribution is 0.0795. The van der Waals surface area contributed by atoms with Crippen LogP contribution in [0.2, 0.25) is 0 Å². The number of thiophene rings is 1. The molecule has 1 fully saturated rings. The fourth-order valence-corrected chi connectivity index (χ4v) is 5.27. The van der Waals surface area contributed by atoms with Crippen molar-refractivity contribution in [3.8, 4) is 11.3 Å². The van der Waals surface area contributed by atoms with E-state index in [2.05, 4.69) is 35.9 Å². The molecular weight excluding hydrogens is 356 g/mol. The van der Waals surface area contributed by atoms with E-state index in [1.54, 1.807) is 11.3 Å². The van der Waals surface area contributed by atoms with Gasteiger partial charge in [-0.05, 0) is 49.9 Å². The van der Waals surface area contributed by atoms with E-state index in [-0.39, 0.29) is 11.9 Å². The van der Waals surface area contributed by atoms with Crippen LogP contribution in [0.3, 0.4) is 0 Å². The summed E-state index contributed by atoms with van der Waals surface area (Å²) in [6.07, 6.45) is 0.886. The molecule has 3 N–H and O–H groups in total. The summed E-state index contributed by atoms with van der Waals surface area (Å²) < 4.78 is 1.18. The first-order chi connectivity index (χ1) is 12.8. The molecule has 4 heterocycles. The topological polar surface area (TPSA) is 75.0 Å². The number of nitrogens with two attached hydrogens (primary N) is 1. The van der Waals surface area contributed by atoms with Crippen LogP contribution < -0.4 is 5.73 Å². The van der Waals surface area contributed by atoms with Crippen molar-refractivity contribution in [3.63, 3.8) is 0 Å². The van der Waals surface area contributed by atoms with E-state index in [1.165, 1.54) is 10.3 Å². The van der Waals surface area contributed by atoms with Crippen molar-refractivity contribution in [2.45, 2.75) is 46.1 Å². The number of nitrogens with one attached hydrogen (secondary N) is 1. The molecule has 0 spiro atoms. The van der Waals surface area contributed by atoms with Crippen molar-refractivity contribution in [3.05, 3.63) is 40.0 Å². The van der Waals surface area contributed by atoms with Crippen molar-refractivity contribution in [2.24, 2.45) is 5.73 Å². The Morgan fingerprint density at radius 3 is 2.59 bits per heavy atom. The van der Waals surface area contributed by atoms with Crippen LogP contribution in [-0.2, 0) is 0 Å². The van der Waals surface area contributed by atoms with E-state index < -0.39 is 0 Å². The molecule has 1 aliphatic rings. The molecule has 142 valence electrons. The Balaban J connectivity index is 1.78. The summed E-state index contributed by atoms with van der Waals surface area (Å²) >= 11 is 1.59. The van der Waals surface area contributed by atoms with Crippen LogP contribution in [0.1, 0.15) is 52.8 Å². The van der Waals surface area contributed by atoms with Gasteiger partial charge in [-0.1, -0.05) is 13.8 Å². The number of likely N-dealkylation sites (tertiary alicyclic amines) is 1. The quantitative estimate of drug-likeness (QED) is 0.713. The second kappa shape index (κ2) is 6.77. The first-order valence-corrected chi connectivity index (χ1v) is 10.3. The summed E-state index contributed by atoms with van der Waals surface area (Å²) in [5.41, 5.74) is 12.6. The van der Waals surface area contributed by atoms with Gasteiger partial charge < -0.3 is 15.6 Å². The highest BCUT2D eigenvalue weighted by atomic mass is 32.1. The highest BCUT2D eigenvalue weighted by Gasteiger charge is 2.27. The molecule has 0 saturated carbocycles. The van der Waals surface area contributed by atoms with Gasteiger partial charge in [-0.3, -0.25) is 9.78 Å². The Morgan fingerprint density at radius 1 is 1.30 bits per heavy atom. The Labute approximate surface area is 163 Å². The van der Waals surface area contributed by atoms with E-state index >= 15 is 0 Å². The third-order valence-corrected chi connectivity index (χ3v) is 6.33. The SMILES string of the molecule is Cc1cc(-c2[nH]c3cc(C(=O)N4CC[C@@H](N)C4)sc3c2C(C)C)cc(C)n1. The number of aromatic nitrogens is 2. The van der Waals surface area contributed by atoms with Gasteiger partial charge in [-0.2, -0.15) is 0 Å². The average Bonchev–Trinajstić information content (AvgIpc) is 3.26. The van der Waals surface area contributed by atoms with Gasteiger partial charge in [0.25, 0.3) is 5.91 Å². The van der Waals surface area contributed by atoms with Crippen LogP contribution in [0.4, 0.5) is 0 Å². The Kier molecular flexibility index (Phi) is 4.56. The molecule has 0 aromatic carbocycles. The average molecular weight is 383 g/mol. The summed E-state index contributed by atoms with van der Waals surface area (Å²) in [7, 11) is 0. The van der Waals surface area contributed by atoms with Gasteiger partial charge in [-0.25, -0.2) is 0 Å². The van der Waals surface area contributed by atoms with Crippen molar-refractivity contribution in [1.29, 1.82) is 0 Å². The van der Waals surface area contributed by atoms with E-state index in [0.717, 1.165) is 46.0 Å². The van der Waals surface area contributed by atoms with Gasteiger partial charge in [0.2, 0.25) is 0 Å². The van der Waals surface area contributed by atoms with E-state index in [0.29, 0.717) is 12.5 Å². The standard InChI is InChI=1S/C21H26N4OS/c1-11(2)18-19(14-7-12(3)23-13(4)8-14)24-16-9-17(27-20(16)18)21(26)25-6-5-15(22)10-25/h7-9,11,15,24H,5-6,10,22H2,1-4H3/t15-/m1/s1. The van der Waals surface area contributed by atoms with Gasteiger partial charge in [0.15, 0.2) is 0 Å². The normalized spacial score (nSPS) is 17.4. The predicted molar refractivity (Wildman–Crippen MR) is 111 cm³/mol. The van der Waals surface area contributed by atoms with Crippen LogP contribution in [0.25, 0.3) is 21.5 Å². The third-order valence-electron chi connectivity index (χ3n) is 5.18. The maximum atomic E-state index is 12.8. The summed E-state index contributed by atoms with van der Waals surface area (Å²) in [6.45, 7) is 9.86. The number of amides is 1. The molecule has 27 heavy (non-hydrogen) atoms. The number of aryl methyl sites for hydroxylation is 2. The maximum Gasteiger partial charge on any atom is 0.264 e. The summed E-state index contributed by atoms with van der Waals surface area (Å²) in [6, 6.07) is 6.34. The molecule has 1 amide bonds. The van der Waals surface area contributed by atoms with Crippen LogP contribution in [0.5, 0.6) is 0 Å². The van der Waals surface area contributed by atoms with Gasteiger partial charge in [-0.15, -0.1) is 11.3 Å². The number of hydrogen-bond acceptors (Lipinski definition) is 4. The molecule has 3 aromatic rings. The minimum atomic E-state index is 0.101. The molecule has 0 radical (unpaired) electrons. The molecule has 0 bridgehead atoms. The zero-order chi connectivity index (χ0) is 19.3. The number of nitrogens with zero attached hydrogens (tertiary/aromatic N) is 2. The minimum absolute atomic E-state index is 0.101. The first-order valence-electron chi connectivity index (χ1n) is 9.49. The van der Waals surface area contributed by atoms with Crippen molar-refractivity contribution in [1.82, 2.24) is 14.9 Å². The highest BCUT2D eigenvalue weighted by molar-refractivity contribution is 7.21. The molecule has 4 rings (SSSR count). The molecular formula is C21H26N4OS. The molecule has 1 saturated heterocycles. The van der Waals surface area contributed by atoms with Gasteiger partial charge in [0, 0.05) is 36.1 Å². The van der Waals surface area contributed by atoms with Gasteiger partial charge in [0.05, 0.1) is 20.8 Å². The molecule has 5 nitrogen and oxygen atoms in total. The number of carbonyl (C=O) groups is 1. The van der Waals surface area contributed by atoms with Crippen LogP contribution in [0.15, 0.2) is 18.2 Å². The van der Waals surface area contributed by atoms with E-state index in [1.807, 2.05) is 24.8 Å². The van der Waals surface area contributed by atoms with Crippen LogP contribution >= 0.6 is 11.3 Å². The molecule has 3 aromatic heterocycles. The van der Waals surface area contributed by atoms with E-state index in [9.17, 15) is 4.79 Å². The predicted octanol–water partition coefficient (Wildman–Crippen LogP) is 4.20. The summed E-state index contributed by atoms with van der Waals surface area (Å²) in [5.74, 6) is 0.453. The monoisotopic (exact) mass is 382 g/mol. The minimum Gasteiger partial charge on any atom is -0.354 e. The third kappa shape index (κ3) is 3.28. The highest BCUT2D eigenvalue weighted by Crippen LogP contribution is 2.40. The number of carbonyl (C=O) groups excluding carboxylic acids is 1. The summed E-state index contributed by atoms with van der Waals surface area (Å²) in [4.78, 5) is 23.6. The number of pyridine rings is 1. The smallest absolute Gasteiger partial charge is 0.264 e. The molecule has 1 atom stereocenters. The molecule has 6 heteroatoms. The largest absolute Gasteiger partial charge is 0.354 e. The number of aromatic amines is 1. The maximum absolute atomic E-state index is 12.8. The van der Waals surface area contributed by atoms with Crippen LogP contribution in [0, 0.1) is 13.8 Å². The van der Waals surface area contributed by atoms with Crippen molar-refractivity contribution in [2.75, 3.05) is 13.1 Å². The fourth-order valence-electron chi connectivity index (χ4n) is 3.99. The lowest BCUT2D eigenvalue weighted by Gasteiger charge is -2.14. The Morgan fingerprint density at radius 2 is 2.00 bits per heavy atom. The number of rotatable bonds is 3. The molecule has 0 unspecified atom stereocenters. The Hall–Kier alpha value is -2.18. The van der Waals surface area contributed by atoms with Gasteiger partial charge >= 0.3 is 0 Å². The number of fused-ring (bicyclic) bond motifs is 1. The lowest BCUT2D eigenvalue weighted by atomic mass is 9.99. The second-order valence-corrected chi connectivity index (χ2v) is 8.91. The van der Waals surface area contributed by atoms with Crippen molar-refractivity contribution >= 4 is 27.5 Å². The number of hydrogen-bond donors (Lipinski definition) is 2. The molecule has 0 aliphatic carbocycles. The van der Waals surface area contributed by atoms with Crippen LogP contribution in [-0.4, -0.2) is 39.9 Å². The fraction of sp³-hybridized carbons (Fsp3) is 0.429. The zero-order valence-corrected chi connectivity index (χ0v) is 17.1. The first kappa shape index (κ1) is 18.2.